The minimum absolute atomic E-state index is 0.215. The van der Waals surface area contributed by atoms with Gasteiger partial charge in [-0.2, -0.15) is 0 Å². The fourth-order valence-electron chi connectivity index (χ4n) is 3.25. The Hall–Kier alpha value is -1.66. The molecule has 1 atom stereocenters. The van der Waals surface area contributed by atoms with E-state index in [1.807, 2.05) is 12.1 Å². The van der Waals surface area contributed by atoms with E-state index < -0.39 is 6.10 Å². The molecule has 1 aliphatic heterocycles. The van der Waals surface area contributed by atoms with E-state index in [0.29, 0.717) is 22.3 Å². The topological polar surface area (TPSA) is 46.4 Å². The van der Waals surface area contributed by atoms with E-state index >= 15 is 0 Å². The molecule has 1 saturated heterocycles. The van der Waals surface area contributed by atoms with Crippen LogP contribution in [0.2, 0.25) is 10.0 Å². The van der Waals surface area contributed by atoms with Crippen molar-refractivity contribution in [2.75, 3.05) is 51.3 Å². The third-order valence-corrected chi connectivity index (χ3v) is 5.29. The van der Waals surface area contributed by atoms with Crippen LogP contribution in [0.1, 0.15) is 0 Å². The number of piperazine rings is 1. The molecule has 0 aliphatic carbocycles. The quantitative estimate of drug-likeness (QED) is 0.732. The Labute approximate surface area is 170 Å². The molecule has 0 amide bonds. The Kier molecular flexibility index (Phi) is 7.07. The fourth-order valence-corrected chi connectivity index (χ4v) is 3.71. The Balaban J connectivity index is 1.42. The summed E-state index contributed by atoms with van der Waals surface area (Å²) >= 11 is 12.0. The van der Waals surface area contributed by atoms with Crippen LogP contribution in [0.3, 0.4) is 0 Å². The summed E-state index contributed by atoms with van der Waals surface area (Å²) in [5, 5.41) is 11.3. The number of hydrogen-bond donors (Lipinski definition) is 2. The van der Waals surface area contributed by atoms with Gasteiger partial charge in [0.05, 0.1) is 38.3 Å². The molecule has 1 fully saturated rings. The third-order valence-electron chi connectivity index (χ3n) is 4.76. The zero-order chi connectivity index (χ0) is 19.2. The van der Waals surface area contributed by atoms with Crippen LogP contribution < -0.4 is 19.3 Å². The van der Waals surface area contributed by atoms with Gasteiger partial charge in [0.2, 0.25) is 0 Å². The Bertz CT molecular complexity index is 735. The van der Waals surface area contributed by atoms with E-state index in [-0.39, 0.29) is 6.61 Å². The Morgan fingerprint density at radius 2 is 1.81 bits per heavy atom. The van der Waals surface area contributed by atoms with Crippen LogP contribution in [-0.4, -0.2) is 57.7 Å². The summed E-state index contributed by atoms with van der Waals surface area (Å²) in [6.07, 6.45) is -0.542. The maximum Gasteiger partial charge on any atom is 0.138 e. The van der Waals surface area contributed by atoms with E-state index in [4.69, 9.17) is 32.7 Å². The summed E-state index contributed by atoms with van der Waals surface area (Å²) in [6.45, 7) is 4.74. The Morgan fingerprint density at radius 3 is 2.44 bits per heavy atom. The molecule has 27 heavy (non-hydrogen) atoms. The van der Waals surface area contributed by atoms with Crippen LogP contribution in [0, 0.1) is 0 Å². The second-order valence-electron chi connectivity index (χ2n) is 6.68. The average molecular weight is 412 g/mol. The molecule has 0 bridgehead atoms. The minimum atomic E-state index is -0.542. The first-order chi connectivity index (χ1) is 13.0. The van der Waals surface area contributed by atoms with Gasteiger partial charge in [-0.15, -0.1) is 0 Å². The zero-order valence-corrected chi connectivity index (χ0v) is 16.8. The molecule has 7 heteroatoms. The van der Waals surface area contributed by atoms with Crippen molar-refractivity contribution in [1.82, 2.24) is 0 Å². The largest absolute Gasteiger partial charge is 0.497 e. The van der Waals surface area contributed by atoms with Crippen molar-refractivity contribution in [2.24, 2.45) is 0 Å². The summed E-state index contributed by atoms with van der Waals surface area (Å²) in [4.78, 5) is 3.73. The van der Waals surface area contributed by atoms with Crippen LogP contribution in [0.5, 0.6) is 11.5 Å². The molecule has 1 heterocycles. The lowest BCUT2D eigenvalue weighted by atomic mass is 10.2. The molecule has 2 N–H and O–H groups in total. The first kappa shape index (κ1) is 20.1. The lowest BCUT2D eigenvalue weighted by Crippen LogP contribution is -3.16. The molecule has 146 valence electrons. The maximum atomic E-state index is 10.3. The molecule has 2 aromatic carbocycles. The van der Waals surface area contributed by atoms with Gasteiger partial charge in [-0.3, -0.25) is 0 Å². The number of aliphatic hydroxyl groups excluding tert-OH is 1. The van der Waals surface area contributed by atoms with Gasteiger partial charge in [0.15, 0.2) is 0 Å². The van der Waals surface area contributed by atoms with E-state index in [2.05, 4.69) is 17.0 Å². The molecule has 1 aliphatic rings. The predicted octanol–water partition coefficient (Wildman–Crippen LogP) is 2.15. The molecular formula is C20H25Cl2N2O3+. The standard InChI is InChI=1S/C20H24Cl2N2O3/c1-26-18-5-3-16(4-6-18)24-10-8-23(9-11-24)13-17(25)14-27-20-7-2-15(21)12-19(20)22/h2-7,12,17,25H,8-11,13-14H2,1H3/p+1/t17-/m0/s1. The number of nitrogens with zero attached hydrogens (tertiary/aromatic N) is 1. The lowest BCUT2D eigenvalue weighted by Gasteiger charge is -2.34. The highest BCUT2D eigenvalue weighted by molar-refractivity contribution is 6.35. The number of nitrogens with one attached hydrogen (secondary N) is 1. The Morgan fingerprint density at radius 1 is 1.11 bits per heavy atom. The molecule has 0 spiro atoms. The SMILES string of the molecule is COc1ccc(N2CC[NH+](C[C@H](O)COc3ccc(Cl)cc3Cl)CC2)cc1. The van der Waals surface area contributed by atoms with Crippen LogP contribution in [0.25, 0.3) is 0 Å². The van der Waals surface area contributed by atoms with Gasteiger partial charge in [-0.25, -0.2) is 0 Å². The number of rotatable bonds is 7. The fraction of sp³-hybridized carbons (Fsp3) is 0.400. The van der Waals surface area contributed by atoms with Gasteiger partial charge in [0.1, 0.15) is 30.8 Å². The van der Waals surface area contributed by atoms with Crippen molar-refractivity contribution in [3.8, 4) is 11.5 Å². The van der Waals surface area contributed by atoms with Gasteiger partial charge in [-0.05, 0) is 42.5 Å². The minimum Gasteiger partial charge on any atom is -0.497 e. The number of quaternary nitrogens is 1. The van der Waals surface area contributed by atoms with Gasteiger partial charge in [0.25, 0.3) is 0 Å². The third kappa shape index (κ3) is 5.66. The summed E-state index contributed by atoms with van der Waals surface area (Å²) in [6, 6.07) is 13.2. The summed E-state index contributed by atoms with van der Waals surface area (Å²) < 4.78 is 10.8. The second-order valence-corrected chi connectivity index (χ2v) is 7.52. The number of methoxy groups -OCH3 is 1. The lowest BCUT2D eigenvalue weighted by molar-refractivity contribution is -0.903. The number of anilines is 1. The molecule has 3 rings (SSSR count). The van der Waals surface area contributed by atoms with Crippen molar-refractivity contribution in [3.63, 3.8) is 0 Å². The van der Waals surface area contributed by atoms with Gasteiger partial charge in [-0.1, -0.05) is 23.2 Å². The first-order valence-corrected chi connectivity index (χ1v) is 9.79. The summed E-state index contributed by atoms with van der Waals surface area (Å²) in [5.41, 5.74) is 1.20. The molecule has 0 radical (unpaired) electrons. The number of halogens is 2. The first-order valence-electron chi connectivity index (χ1n) is 9.03. The zero-order valence-electron chi connectivity index (χ0n) is 15.3. The summed E-state index contributed by atoms with van der Waals surface area (Å²) in [7, 11) is 1.67. The molecular weight excluding hydrogens is 387 g/mol. The number of hydrogen-bond acceptors (Lipinski definition) is 4. The highest BCUT2D eigenvalue weighted by Crippen LogP contribution is 2.27. The van der Waals surface area contributed by atoms with E-state index in [0.717, 1.165) is 31.9 Å². The van der Waals surface area contributed by atoms with Crippen LogP contribution in [-0.2, 0) is 0 Å². The van der Waals surface area contributed by atoms with E-state index in [9.17, 15) is 5.11 Å². The summed E-state index contributed by atoms with van der Waals surface area (Å²) in [5.74, 6) is 1.41. The molecule has 5 nitrogen and oxygen atoms in total. The van der Waals surface area contributed by atoms with Crippen molar-refractivity contribution < 1.29 is 19.5 Å². The average Bonchev–Trinajstić information content (AvgIpc) is 2.68. The maximum absolute atomic E-state index is 10.3. The van der Waals surface area contributed by atoms with Gasteiger partial charge in [0, 0.05) is 10.7 Å². The monoisotopic (exact) mass is 411 g/mol. The van der Waals surface area contributed by atoms with Crippen LogP contribution in [0.4, 0.5) is 5.69 Å². The number of benzene rings is 2. The van der Waals surface area contributed by atoms with Crippen molar-refractivity contribution in [3.05, 3.63) is 52.5 Å². The number of ether oxygens (including phenoxy) is 2. The normalized spacial score (nSPS) is 16.2. The van der Waals surface area contributed by atoms with Crippen LogP contribution >= 0.6 is 23.2 Å². The van der Waals surface area contributed by atoms with E-state index in [1.165, 1.54) is 10.6 Å². The van der Waals surface area contributed by atoms with Gasteiger partial charge >= 0.3 is 0 Å². The smallest absolute Gasteiger partial charge is 0.138 e. The van der Waals surface area contributed by atoms with Crippen LogP contribution in [0.15, 0.2) is 42.5 Å². The number of aliphatic hydroxyl groups is 1. The van der Waals surface area contributed by atoms with E-state index in [1.54, 1.807) is 25.3 Å². The van der Waals surface area contributed by atoms with Gasteiger partial charge < -0.3 is 24.4 Å². The second kappa shape index (κ2) is 9.51. The molecule has 0 aromatic heterocycles. The highest BCUT2D eigenvalue weighted by Gasteiger charge is 2.23. The van der Waals surface area contributed by atoms with Crippen molar-refractivity contribution >= 4 is 28.9 Å². The predicted molar refractivity (Wildman–Crippen MR) is 109 cm³/mol. The molecule has 0 unspecified atom stereocenters. The molecule has 2 aromatic rings. The van der Waals surface area contributed by atoms with Crippen molar-refractivity contribution in [1.29, 1.82) is 0 Å². The van der Waals surface area contributed by atoms with Crippen molar-refractivity contribution in [2.45, 2.75) is 6.10 Å². The molecule has 0 saturated carbocycles. The highest BCUT2D eigenvalue weighted by atomic mass is 35.5.